The Kier molecular flexibility index (Phi) is 6.14. The van der Waals surface area contributed by atoms with Gasteiger partial charge in [-0.2, -0.15) is 0 Å². The van der Waals surface area contributed by atoms with Crippen molar-refractivity contribution in [1.29, 1.82) is 0 Å². The zero-order valence-electron chi connectivity index (χ0n) is 19.9. The number of β-amino-alcohol motifs (C(OH)–C–C–N with tert-alkyl or cyclic N) is 1. The van der Waals surface area contributed by atoms with Crippen molar-refractivity contribution >= 4 is 23.5 Å². The van der Waals surface area contributed by atoms with Crippen molar-refractivity contribution in [3.63, 3.8) is 0 Å². The van der Waals surface area contributed by atoms with Crippen LogP contribution in [0.5, 0.6) is 0 Å². The molecule has 2 aromatic rings. The van der Waals surface area contributed by atoms with E-state index in [1.807, 2.05) is 36.1 Å². The Labute approximate surface area is 204 Å². The molecular formula is C25H32N6O4. The zero-order chi connectivity index (χ0) is 24.6. The number of carbonyl (C=O) groups is 3. The molecule has 2 aliphatic heterocycles. The van der Waals surface area contributed by atoms with Crippen molar-refractivity contribution < 1.29 is 19.5 Å². The number of nitrogens with one attached hydrogen (secondary N) is 3. The van der Waals surface area contributed by atoms with E-state index in [9.17, 15) is 19.5 Å². The normalized spacial score (nSPS) is 19.1. The first-order valence-corrected chi connectivity index (χ1v) is 12.2. The van der Waals surface area contributed by atoms with Gasteiger partial charge in [0.15, 0.2) is 0 Å². The first kappa shape index (κ1) is 23.2. The van der Waals surface area contributed by atoms with Crippen molar-refractivity contribution in [2.45, 2.75) is 44.8 Å². The predicted molar refractivity (Wildman–Crippen MR) is 130 cm³/mol. The van der Waals surface area contributed by atoms with Gasteiger partial charge in [-0.3, -0.25) is 14.3 Å². The Morgan fingerprint density at radius 1 is 1.17 bits per heavy atom. The number of benzene rings is 1. The Balaban J connectivity index is 1.14. The van der Waals surface area contributed by atoms with Crippen LogP contribution in [0.15, 0.2) is 36.5 Å². The van der Waals surface area contributed by atoms with E-state index in [1.54, 1.807) is 21.8 Å². The number of hydrogen-bond donors (Lipinski definition) is 4. The van der Waals surface area contributed by atoms with Crippen LogP contribution < -0.4 is 16.1 Å². The van der Waals surface area contributed by atoms with E-state index in [4.69, 9.17) is 0 Å². The maximum Gasteiger partial charge on any atom is 0.319 e. The smallest absolute Gasteiger partial charge is 0.319 e. The molecular weight excluding hydrogens is 448 g/mol. The molecule has 10 heteroatoms. The highest BCUT2D eigenvalue weighted by atomic mass is 16.3. The summed E-state index contributed by atoms with van der Waals surface area (Å²) in [6, 6.07) is 9.17. The third-order valence-corrected chi connectivity index (χ3v) is 7.01. The van der Waals surface area contributed by atoms with E-state index >= 15 is 0 Å². The highest BCUT2D eigenvalue weighted by molar-refractivity contribution is 5.97. The van der Waals surface area contributed by atoms with Gasteiger partial charge in [-0.05, 0) is 44.2 Å². The molecule has 1 saturated carbocycles. The van der Waals surface area contributed by atoms with Crippen molar-refractivity contribution in [3.8, 4) is 0 Å². The number of fused-ring (bicyclic) bond motifs is 1. The minimum atomic E-state index is -1.02. The molecule has 3 heterocycles. The Morgan fingerprint density at radius 2 is 1.89 bits per heavy atom. The summed E-state index contributed by atoms with van der Waals surface area (Å²) in [5, 5.41) is 16.7. The summed E-state index contributed by atoms with van der Waals surface area (Å²) in [5.74, 6) is 0.152. The summed E-state index contributed by atoms with van der Waals surface area (Å²) in [6.07, 6.45) is 4.50. The van der Waals surface area contributed by atoms with Crippen molar-refractivity contribution in [3.05, 3.63) is 53.3 Å². The summed E-state index contributed by atoms with van der Waals surface area (Å²) in [7, 11) is 0. The van der Waals surface area contributed by atoms with E-state index in [0.29, 0.717) is 43.9 Å². The number of nitrogens with zero attached hydrogens (tertiary/aromatic N) is 3. The molecule has 4 N–H and O–H groups in total. The van der Waals surface area contributed by atoms with Gasteiger partial charge in [0.1, 0.15) is 12.4 Å². The lowest BCUT2D eigenvalue weighted by molar-refractivity contribution is -0.137. The summed E-state index contributed by atoms with van der Waals surface area (Å²) >= 11 is 0. The number of aliphatic hydroxyl groups is 1. The van der Waals surface area contributed by atoms with Crippen molar-refractivity contribution in [2.75, 3.05) is 37.0 Å². The van der Waals surface area contributed by atoms with E-state index < -0.39 is 5.60 Å². The van der Waals surface area contributed by atoms with Gasteiger partial charge >= 0.3 is 6.03 Å². The molecule has 10 nitrogen and oxygen atoms in total. The van der Waals surface area contributed by atoms with E-state index in [1.165, 1.54) is 0 Å². The summed E-state index contributed by atoms with van der Waals surface area (Å²) in [5.41, 5.74) is 5.14. The molecule has 5 rings (SSSR count). The number of likely N-dealkylation sites (tertiary alicyclic amines) is 1. The minimum absolute atomic E-state index is 0.175. The fourth-order valence-electron chi connectivity index (χ4n) is 4.66. The molecule has 186 valence electrons. The van der Waals surface area contributed by atoms with Crippen LogP contribution >= 0.6 is 0 Å². The third kappa shape index (κ3) is 5.27. The Bertz CT molecular complexity index is 1120. The van der Waals surface area contributed by atoms with E-state index in [0.717, 1.165) is 24.0 Å². The molecule has 0 spiro atoms. The number of amides is 4. The molecule has 2 fully saturated rings. The van der Waals surface area contributed by atoms with E-state index in [2.05, 4.69) is 16.1 Å². The SMILES string of the molecule is Cc1ccc(CNC(=O)Nc2cc3n(c2)NCN(CC2(O)CCN(C(=O)C4CC4)CC2)C3=O)cc1. The van der Waals surface area contributed by atoms with Crippen LogP contribution in [0, 0.1) is 12.8 Å². The number of hydrogen-bond acceptors (Lipinski definition) is 5. The van der Waals surface area contributed by atoms with Crippen LogP contribution in [0.4, 0.5) is 10.5 Å². The monoisotopic (exact) mass is 480 g/mol. The van der Waals surface area contributed by atoms with Gasteiger partial charge in [-0.1, -0.05) is 29.8 Å². The topological polar surface area (TPSA) is 119 Å². The van der Waals surface area contributed by atoms with Crippen molar-refractivity contribution in [2.24, 2.45) is 5.92 Å². The van der Waals surface area contributed by atoms with Gasteiger partial charge in [-0.15, -0.1) is 0 Å². The van der Waals surface area contributed by atoms with Gasteiger partial charge in [-0.25, -0.2) is 4.79 Å². The van der Waals surface area contributed by atoms with Crippen LogP contribution in [-0.4, -0.2) is 69.3 Å². The van der Waals surface area contributed by atoms with Gasteiger partial charge in [0, 0.05) is 25.6 Å². The lowest BCUT2D eigenvalue weighted by Gasteiger charge is -2.42. The fraction of sp³-hybridized carbons (Fsp3) is 0.480. The first-order chi connectivity index (χ1) is 16.8. The summed E-state index contributed by atoms with van der Waals surface area (Å²) in [4.78, 5) is 41.1. The number of aryl methyl sites for hydroxylation is 1. The molecule has 0 unspecified atom stereocenters. The molecule has 0 atom stereocenters. The van der Waals surface area contributed by atoms with Crippen LogP contribution in [0.2, 0.25) is 0 Å². The molecule has 1 aliphatic carbocycles. The highest BCUT2D eigenvalue weighted by Gasteiger charge is 2.41. The minimum Gasteiger partial charge on any atom is -0.388 e. The second kappa shape index (κ2) is 9.26. The molecule has 3 aliphatic rings. The van der Waals surface area contributed by atoms with Crippen molar-refractivity contribution in [1.82, 2.24) is 19.8 Å². The number of urea groups is 1. The van der Waals surface area contributed by atoms with Gasteiger partial charge < -0.3 is 31.0 Å². The molecule has 35 heavy (non-hydrogen) atoms. The highest BCUT2D eigenvalue weighted by Crippen LogP contribution is 2.33. The maximum absolute atomic E-state index is 13.1. The maximum atomic E-state index is 13.1. The standard InChI is InChI=1S/C25H32N6O4/c1-17-2-4-18(5-3-17)13-26-24(34)28-20-12-21-23(33)30(16-27-31(21)14-20)15-25(35)8-10-29(11-9-25)22(32)19-6-7-19/h2-5,12,14,19,27,35H,6-11,13,15-16H2,1H3,(H2,26,28,34). The van der Waals surface area contributed by atoms with Gasteiger partial charge in [0.05, 0.1) is 24.0 Å². The predicted octanol–water partition coefficient (Wildman–Crippen LogP) is 1.84. The number of rotatable bonds is 6. The zero-order valence-corrected chi connectivity index (χ0v) is 19.9. The Hall–Kier alpha value is -3.53. The van der Waals surface area contributed by atoms with Crippen LogP contribution in [0.3, 0.4) is 0 Å². The molecule has 1 aromatic heterocycles. The Morgan fingerprint density at radius 3 is 2.57 bits per heavy atom. The average Bonchev–Trinajstić information content (AvgIpc) is 3.61. The molecule has 1 saturated heterocycles. The molecule has 1 aromatic carbocycles. The lowest BCUT2D eigenvalue weighted by atomic mass is 9.90. The van der Waals surface area contributed by atoms with Crippen LogP contribution in [-0.2, 0) is 11.3 Å². The number of carbonyl (C=O) groups excluding carboxylic acids is 3. The van der Waals surface area contributed by atoms with Crippen LogP contribution in [0.25, 0.3) is 0 Å². The second-order valence-electron chi connectivity index (χ2n) is 9.92. The van der Waals surface area contributed by atoms with Gasteiger partial charge in [0.25, 0.3) is 5.91 Å². The summed E-state index contributed by atoms with van der Waals surface area (Å²) in [6.45, 7) is 3.87. The summed E-state index contributed by atoms with van der Waals surface area (Å²) < 4.78 is 1.59. The van der Waals surface area contributed by atoms with E-state index in [-0.39, 0.29) is 37.0 Å². The molecule has 4 amide bonds. The lowest BCUT2D eigenvalue weighted by Crippen LogP contribution is -2.56. The third-order valence-electron chi connectivity index (χ3n) is 7.01. The second-order valence-corrected chi connectivity index (χ2v) is 9.92. The number of piperidine rings is 1. The number of aromatic nitrogens is 1. The largest absolute Gasteiger partial charge is 0.388 e. The number of anilines is 1. The molecule has 0 radical (unpaired) electrons. The fourth-order valence-corrected chi connectivity index (χ4v) is 4.66. The average molecular weight is 481 g/mol. The van der Waals surface area contributed by atoms with Gasteiger partial charge in [0.2, 0.25) is 5.91 Å². The molecule has 0 bridgehead atoms. The van der Waals surface area contributed by atoms with Crippen LogP contribution in [0.1, 0.15) is 47.3 Å². The first-order valence-electron chi connectivity index (χ1n) is 12.2. The quantitative estimate of drug-likeness (QED) is 0.503.